The second-order valence-corrected chi connectivity index (χ2v) is 3.72. The molecule has 1 aromatic heterocycles. The molecule has 1 aromatic rings. The van der Waals surface area contributed by atoms with Gasteiger partial charge in [-0.1, -0.05) is 6.58 Å². The lowest BCUT2D eigenvalue weighted by atomic mass is 10.2. The summed E-state index contributed by atoms with van der Waals surface area (Å²) in [7, 11) is 0. The highest BCUT2D eigenvalue weighted by Crippen LogP contribution is 2.14. The third-order valence-electron chi connectivity index (χ3n) is 2.59. The van der Waals surface area contributed by atoms with Crippen molar-refractivity contribution in [2.45, 2.75) is 32.4 Å². The van der Waals surface area contributed by atoms with Crippen LogP contribution in [0.2, 0.25) is 0 Å². The predicted molar refractivity (Wildman–Crippen MR) is 57.2 cm³/mol. The Morgan fingerprint density at radius 3 is 3.27 bits per heavy atom. The fraction of sp³-hybridized carbons (Fsp3) is 0.455. The van der Waals surface area contributed by atoms with Crippen LogP contribution in [-0.2, 0) is 24.3 Å². The Kier molecular flexibility index (Phi) is 2.85. The molecule has 1 amide bonds. The fourth-order valence-corrected chi connectivity index (χ4v) is 1.81. The number of hydrogen-bond acceptors (Lipinski definition) is 2. The quantitative estimate of drug-likeness (QED) is 0.749. The van der Waals surface area contributed by atoms with Crippen LogP contribution in [0.4, 0.5) is 0 Å². The first-order chi connectivity index (χ1) is 7.29. The average Bonchev–Trinajstić information content (AvgIpc) is 2.68. The number of imidazole rings is 1. The van der Waals surface area contributed by atoms with E-state index in [-0.39, 0.29) is 5.91 Å². The first-order valence-electron chi connectivity index (χ1n) is 5.25. The summed E-state index contributed by atoms with van der Waals surface area (Å²) in [6.45, 7) is 4.94. The van der Waals surface area contributed by atoms with Gasteiger partial charge < -0.3 is 9.88 Å². The van der Waals surface area contributed by atoms with Gasteiger partial charge in [0, 0.05) is 19.2 Å². The van der Waals surface area contributed by atoms with Crippen molar-refractivity contribution in [1.82, 2.24) is 14.9 Å². The second-order valence-electron chi connectivity index (χ2n) is 3.72. The molecular weight excluding hydrogens is 190 g/mol. The van der Waals surface area contributed by atoms with Gasteiger partial charge in [0.25, 0.3) is 0 Å². The highest BCUT2D eigenvalue weighted by Gasteiger charge is 2.11. The van der Waals surface area contributed by atoms with Gasteiger partial charge >= 0.3 is 0 Å². The minimum atomic E-state index is -0.152. The minimum absolute atomic E-state index is 0.152. The largest absolute Gasteiger partial charge is 0.347 e. The molecule has 0 aromatic carbocycles. The average molecular weight is 205 g/mol. The van der Waals surface area contributed by atoms with E-state index in [1.807, 2.05) is 6.20 Å². The first kappa shape index (κ1) is 9.96. The van der Waals surface area contributed by atoms with Gasteiger partial charge in [-0.2, -0.15) is 0 Å². The van der Waals surface area contributed by atoms with Gasteiger partial charge in [0.15, 0.2) is 0 Å². The van der Waals surface area contributed by atoms with Crippen molar-refractivity contribution in [3.8, 4) is 0 Å². The molecule has 0 radical (unpaired) electrons. The van der Waals surface area contributed by atoms with Crippen molar-refractivity contribution < 1.29 is 4.79 Å². The standard InChI is InChI=1S/C11H15N3O/c1-2-11(15)12-7-9-8-14-6-4-3-5-10(14)13-9/h2,8H,1,3-7H2,(H,12,15). The monoisotopic (exact) mass is 205 g/mol. The van der Waals surface area contributed by atoms with E-state index in [0.717, 1.165) is 24.5 Å². The minimum Gasteiger partial charge on any atom is -0.347 e. The molecular formula is C11H15N3O. The number of carbonyl (C=O) groups excluding carboxylic acids is 1. The summed E-state index contributed by atoms with van der Waals surface area (Å²) in [5, 5.41) is 2.72. The summed E-state index contributed by atoms with van der Waals surface area (Å²) in [4.78, 5) is 15.4. The SMILES string of the molecule is C=CC(=O)NCc1cn2c(n1)CCCC2. The van der Waals surface area contributed by atoms with E-state index >= 15 is 0 Å². The zero-order valence-corrected chi connectivity index (χ0v) is 8.70. The van der Waals surface area contributed by atoms with E-state index in [1.54, 1.807) is 0 Å². The first-order valence-corrected chi connectivity index (χ1v) is 5.25. The van der Waals surface area contributed by atoms with Gasteiger partial charge in [0.1, 0.15) is 5.82 Å². The molecule has 0 atom stereocenters. The van der Waals surface area contributed by atoms with Crippen molar-refractivity contribution >= 4 is 5.91 Å². The van der Waals surface area contributed by atoms with Crippen molar-refractivity contribution in [1.29, 1.82) is 0 Å². The van der Waals surface area contributed by atoms with Crippen LogP contribution in [0.15, 0.2) is 18.9 Å². The van der Waals surface area contributed by atoms with Gasteiger partial charge in [-0.3, -0.25) is 4.79 Å². The zero-order chi connectivity index (χ0) is 10.7. The normalized spacial score (nSPS) is 14.4. The molecule has 0 saturated heterocycles. The lowest BCUT2D eigenvalue weighted by molar-refractivity contribution is -0.116. The van der Waals surface area contributed by atoms with Crippen molar-refractivity contribution in [2.24, 2.45) is 0 Å². The summed E-state index contributed by atoms with van der Waals surface area (Å²) in [5.74, 6) is 0.991. The Labute approximate surface area is 89.0 Å². The van der Waals surface area contributed by atoms with Gasteiger partial charge in [-0.25, -0.2) is 4.98 Å². The Morgan fingerprint density at radius 1 is 1.67 bits per heavy atom. The zero-order valence-electron chi connectivity index (χ0n) is 8.70. The Balaban J connectivity index is 2.00. The summed E-state index contributed by atoms with van der Waals surface area (Å²) >= 11 is 0. The second kappa shape index (κ2) is 4.29. The molecule has 0 aliphatic carbocycles. The Morgan fingerprint density at radius 2 is 2.53 bits per heavy atom. The summed E-state index contributed by atoms with van der Waals surface area (Å²) in [6, 6.07) is 0. The number of nitrogens with zero attached hydrogens (tertiary/aromatic N) is 2. The van der Waals surface area contributed by atoms with Crippen molar-refractivity contribution in [3.05, 3.63) is 30.4 Å². The van der Waals surface area contributed by atoms with Crippen molar-refractivity contribution in [3.63, 3.8) is 0 Å². The van der Waals surface area contributed by atoms with E-state index in [0.29, 0.717) is 6.54 Å². The van der Waals surface area contributed by atoms with Crippen LogP contribution in [0.3, 0.4) is 0 Å². The van der Waals surface area contributed by atoms with E-state index in [1.165, 1.54) is 18.9 Å². The van der Waals surface area contributed by atoms with Gasteiger partial charge in [-0.15, -0.1) is 0 Å². The predicted octanol–water partition coefficient (Wildman–Crippen LogP) is 1.02. The number of carbonyl (C=O) groups is 1. The van der Waals surface area contributed by atoms with Crippen molar-refractivity contribution in [2.75, 3.05) is 0 Å². The number of aryl methyl sites for hydroxylation is 2. The molecule has 4 heteroatoms. The van der Waals surface area contributed by atoms with Crippen LogP contribution in [0, 0.1) is 0 Å². The van der Waals surface area contributed by atoms with Crippen LogP contribution in [-0.4, -0.2) is 15.5 Å². The number of rotatable bonds is 3. The third kappa shape index (κ3) is 2.26. The highest BCUT2D eigenvalue weighted by atomic mass is 16.1. The maximum atomic E-state index is 11.0. The lowest BCUT2D eigenvalue weighted by Crippen LogP contribution is -2.20. The highest BCUT2D eigenvalue weighted by molar-refractivity contribution is 5.86. The van der Waals surface area contributed by atoms with Crippen LogP contribution in [0.1, 0.15) is 24.4 Å². The fourth-order valence-electron chi connectivity index (χ4n) is 1.81. The topological polar surface area (TPSA) is 46.9 Å². The summed E-state index contributed by atoms with van der Waals surface area (Å²) < 4.78 is 2.18. The molecule has 0 unspecified atom stereocenters. The number of nitrogens with one attached hydrogen (secondary N) is 1. The van der Waals surface area contributed by atoms with E-state index in [4.69, 9.17) is 0 Å². The molecule has 0 spiro atoms. The number of amides is 1. The molecule has 4 nitrogen and oxygen atoms in total. The molecule has 2 heterocycles. The maximum absolute atomic E-state index is 11.0. The smallest absolute Gasteiger partial charge is 0.243 e. The van der Waals surface area contributed by atoms with Gasteiger partial charge in [0.2, 0.25) is 5.91 Å². The molecule has 80 valence electrons. The summed E-state index contributed by atoms with van der Waals surface area (Å²) in [5.41, 5.74) is 0.933. The van der Waals surface area contributed by atoms with E-state index in [9.17, 15) is 4.79 Å². The lowest BCUT2D eigenvalue weighted by Gasteiger charge is -2.11. The van der Waals surface area contributed by atoms with Gasteiger partial charge in [-0.05, 0) is 18.9 Å². The maximum Gasteiger partial charge on any atom is 0.243 e. The van der Waals surface area contributed by atoms with Crippen LogP contribution >= 0.6 is 0 Å². The van der Waals surface area contributed by atoms with Crippen LogP contribution < -0.4 is 5.32 Å². The molecule has 0 bridgehead atoms. The molecule has 1 N–H and O–H groups in total. The summed E-state index contributed by atoms with van der Waals surface area (Å²) in [6.07, 6.45) is 6.79. The molecule has 1 aliphatic heterocycles. The molecule has 0 fully saturated rings. The number of fused-ring (bicyclic) bond motifs is 1. The van der Waals surface area contributed by atoms with Crippen LogP contribution in [0.25, 0.3) is 0 Å². The van der Waals surface area contributed by atoms with E-state index < -0.39 is 0 Å². The number of hydrogen-bond donors (Lipinski definition) is 1. The Hall–Kier alpha value is -1.58. The van der Waals surface area contributed by atoms with E-state index in [2.05, 4.69) is 21.4 Å². The van der Waals surface area contributed by atoms with Crippen LogP contribution in [0.5, 0.6) is 0 Å². The molecule has 15 heavy (non-hydrogen) atoms. The molecule has 1 aliphatic rings. The Bertz CT molecular complexity index is 358. The molecule has 2 rings (SSSR count). The molecule has 0 saturated carbocycles. The number of aromatic nitrogens is 2. The van der Waals surface area contributed by atoms with Gasteiger partial charge in [0.05, 0.1) is 12.2 Å². The third-order valence-corrected chi connectivity index (χ3v) is 2.59.